The first-order chi connectivity index (χ1) is 5.74. The zero-order valence-corrected chi connectivity index (χ0v) is 9.16. The first-order valence-corrected chi connectivity index (χ1v) is 5.75. The number of likely N-dealkylation sites (N-methyl/N-ethyl adjacent to an activating group) is 1. The summed E-state index contributed by atoms with van der Waals surface area (Å²) in [5.74, 6) is 3.01. The number of hydrogen-bond acceptors (Lipinski definition) is 3. The number of rotatable bonds is 7. The molecule has 0 saturated carbocycles. The van der Waals surface area contributed by atoms with Gasteiger partial charge in [0, 0.05) is 11.8 Å². The maximum atomic E-state index is 8.87. The molecule has 0 spiro atoms. The van der Waals surface area contributed by atoms with Crippen molar-refractivity contribution in [3.8, 4) is 0 Å². The highest BCUT2D eigenvalue weighted by Crippen LogP contribution is 2.11. The van der Waals surface area contributed by atoms with E-state index in [9.17, 15) is 0 Å². The fourth-order valence-corrected chi connectivity index (χ4v) is 2.09. The molecule has 2 nitrogen and oxygen atoms in total. The Morgan fingerprint density at radius 3 is 2.50 bits per heavy atom. The van der Waals surface area contributed by atoms with E-state index >= 15 is 0 Å². The Bertz CT molecular complexity index is 96.5. The van der Waals surface area contributed by atoms with Gasteiger partial charge in [-0.3, -0.25) is 0 Å². The second-order valence-electron chi connectivity index (χ2n) is 3.22. The summed E-state index contributed by atoms with van der Waals surface area (Å²) in [5.41, 5.74) is 0. The third-order valence-electron chi connectivity index (χ3n) is 2.05. The molecule has 0 saturated heterocycles. The molecule has 0 aromatic rings. The molecule has 0 heterocycles. The fourth-order valence-electron chi connectivity index (χ4n) is 0.757. The van der Waals surface area contributed by atoms with Crippen molar-refractivity contribution >= 4 is 11.8 Å². The van der Waals surface area contributed by atoms with E-state index in [1.807, 2.05) is 18.8 Å². The van der Waals surface area contributed by atoms with Crippen LogP contribution in [-0.4, -0.2) is 36.3 Å². The monoisotopic (exact) mass is 191 g/mol. The van der Waals surface area contributed by atoms with Gasteiger partial charge in [-0.25, -0.2) is 0 Å². The Morgan fingerprint density at radius 2 is 2.08 bits per heavy atom. The molecular weight excluding hydrogens is 170 g/mol. The topological polar surface area (TPSA) is 32.3 Å². The number of hydrogen-bond donors (Lipinski definition) is 2. The summed E-state index contributed by atoms with van der Waals surface area (Å²) in [5, 5.41) is 11.9. The zero-order valence-electron chi connectivity index (χ0n) is 8.34. The van der Waals surface area contributed by atoms with Crippen LogP contribution in [0.25, 0.3) is 0 Å². The van der Waals surface area contributed by atoms with Crippen LogP contribution in [0.5, 0.6) is 0 Å². The molecular formula is C9H21NOS. The average molecular weight is 191 g/mol. The van der Waals surface area contributed by atoms with Gasteiger partial charge in [-0.1, -0.05) is 20.3 Å². The highest BCUT2D eigenvalue weighted by molar-refractivity contribution is 7.99. The van der Waals surface area contributed by atoms with E-state index in [-0.39, 0.29) is 12.6 Å². The lowest BCUT2D eigenvalue weighted by molar-refractivity contribution is 0.260. The van der Waals surface area contributed by atoms with Gasteiger partial charge in [0.2, 0.25) is 0 Å². The molecule has 2 atom stereocenters. The van der Waals surface area contributed by atoms with Crippen molar-refractivity contribution in [2.45, 2.75) is 26.3 Å². The lowest BCUT2D eigenvalue weighted by Crippen LogP contribution is -2.31. The summed E-state index contributed by atoms with van der Waals surface area (Å²) < 4.78 is 0. The highest BCUT2D eigenvalue weighted by atomic mass is 32.2. The summed E-state index contributed by atoms with van der Waals surface area (Å²) >= 11 is 1.92. The van der Waals surface area contributed by atoms with Crippen LogP contribution in [0.1, 0.15) is 20.3 Å². The first kappa shape index (κ1) is 12.3. The molecule has 0 aliphatic heterocycles. The van der Waals surface area contributed by atoms with E-state index < -0.39 is 0 Å². The zero-order chi connectivity index (χ0) is 9.40. The van der Waals surface area contributed by atoms with E-state index in [0.29, 0.717) is 0 Å². The second-order valence-corrected chi connectivity index (χ2v) is 4.29. The van der Waals surface area contributed by atoms with E-state index in [0.717, 1.165) is 11.7 Å². The molecule has 0 aromatic carbocycles. The lowest BCUT2D eigenvalue weighted by Gasteiger charge is -2.13. The molecule has 74 valence electrons. The third-order valence-corrected chi connectivity index (χ3v) is 3.49. The molecule has 0 aliphatic carbocycles. The summed E-state index contributed by atoms with van der Waals surface area (Å²) in [6.07, 6.45) is 1.25. The van der Waals surface area contributed by atoms with Gasteiger partial charge in [0.05, 0.1) is 6.61 Å². The highest BCUT2D eigenvalue weighted by Gasteiger charge is 2.05. The molecule has 0 fully saturated rings. The molecule has 2 unspecified atom stereocenters. The van der Waals surface area contributed by atoms with Crippen LogP contribution >= 0.6 is 11.8 Å². The van der Waals surface area contributed by atoms with Crippen molar-refractivity contribution in [1.29, 1.82) is 0 Å². The molecule has 3 heteroatoms. The van der Waals surface area contributed by atoms with Crippen LogP contribution in [0.2, 0.25) is 0 Å². The summed E-state index contributed by atoms with van der Waals surface area (Å²) in [7, 11) is 1.89. The van der Waals surface area contributed by atoms with Crippen molar-refractivity contribution in [3.63, 3.8) is 0 Å². The SMILES string of the molecule is CCC(C)CSCC(CO)NC. The lowest BCUT2D eigenvalue weighted by atomic mass is 10.2. The molecule has 12 heavy (non-hydrogen) atoms. The van der Waals surface area contributed by atoms with Gasteiger partial charge in [-0.2, -0.15) is 11.8 Å². The second kappa shape index (κ2) is 7.90. The van der Waals surface area contributed by atoms with Crippen LogP contribution in [0.15, 0.2) is 0 Å². The predicted octanol–water partition coefficient (Wildman–Crippen LogP) is 1.35. The molecule has 0 bridgehead atoms. The largest absolute Gasteiger partial charge is 0.395 e. The molecule has 0 rings (SSSR count). The van der Waals surface area contributed by atoms with E-state index in [2.05, 4.69) is 19.2 Å². The number of thioether (sulfide) groups is 1. The van der Waals surface area contributed by atoms with Crippen molar-refractivity contribution < 1.29 is 5.11 Å². The minimum atomic E-state index is 0.240. The Hall–Kier alpha value is 0.270. The van der Waals surface area contributed by atoms with Gasteiger partial charge in [0.1, 0.15) is 0 Å². The summed E-state index contributed by atoms with van der Waals surface area (Å²) in [6.45, 7) is 4.72. The van der Waals surface area contributed by atoms with Gasteiger partial charge in [0.25, 0.3) is 0 Å². The minimum absolute atomic E-state index is 0.240. The van der Waals surface area contributed by atoms with Crippen LogP contribution in [0.4, 0.5) is 0 Å². The Balaban J connectivity index is 3.28. The van der Waals surface area contributed by atoms with Crippen LogP contribution in [0.3, 0.4) is 0 Å². The van der Waals surface area contributed by atoms with Crippen LogP contribution in [-0.2, 0) is 0 Å². The maximum absolute atomic E-state index is 8.87. The Morgan fingerprint density at radius 1 is 1.42 bits per heavy atom. The van der Waals surface area contributed by atoms with Gasteiger partial charge in [-0.15, -0.1) is 0 Å². The normalized spacial score (nSPS) is 16.0. The van der Waals surface area contributed by atoms with Gasteiger partial charge >= 0.3 is 0 Å². The van der Waals surface area contributed by atoms with Crippen molar-refractivity contribution in [3.05, 3.63) is 0 Å². The molecule has 2 N–H and O–H groups in total. The summed E-state index contributed by atoms with van der Waals surface area (Å²) in [4.78, 5) is 0. The van der Waals surface area contributed by atoms with Gasteiger partial charge in [-0.05, 0) is 18.7 Å². The minimum Gasteiger partial charge on any atom is -0.395 e. The van der Waals surface area contributed by atoms with Crippen molar-refractivity contribution in [2.24, 2.45) is 5.92 Å². The predicted molar refractivity (Wildman–Crippen MR) is 56.7 cm³/mol. The molecule has 0 amide bonds. The first-order valence-electron chi connectivity index (χ1n) is 4.60. The number of aliphatic hydroxyl groups is 1. The molecule has 0 aromatic heterocycles. The van der Waals surface area contributed by atoms with Crippen LogP contribution < -0.4 is 5.32 Å². The maximum Gasteiger partial charge on any atom is 0.0592 e. The smallest absolute Gasteiger partial charge is 0.0592 e. The van der Waals surface area contributed by atoms with Gasteiger partial charge < -0.3 is 10.4 Å². The Kier molecular flexibility index (Phi) is 8.07. The fraction of sp³-hybridized carbons (Fsp3) is 1.00. The Labute approximate surface area is 80.1 Å². The third kappa shape index (κ3) is 5.86. The van der Waals surface area contributed by atoms with Gasteiger partial charge in [0.15, 0.2) is 0 Å². The molecule has 0 aliphatic rings. The number of nitrogens with one attached hydrogen (secondary N) is 1. The average Bonchev–Trinajstić information content (AvgIpc) is 2.12. The molecule has 0 radical (unpaired) electrons. The van der Waals surface area contributed by atoms with Crippen molar-refractivity contribution in [2.75, 3.05) is 25.2 Å². The van der Waals surface area contributed by atoms with E-state index in [1.165, 1.54) is 12.2 Å². The quantitative estimate of drug-likeness (QED) is 0.637. The van der Waals surface area contributed by atoms with E-state index in [1.54, 1.807) is 0 Å². The standard InChI is InChI=1S/C9H21NOS/c1-4-8(2)6-12-7-9(5-11)10-3/h8-11H,4-7H2,1-3H3. The number of aliphatic hydroxyl groups excluding tert-OH is 1. The van der Waals surface area contributed by atoms with E-state index in [4.69, 9.17) is 5.11 Å². The van der Waals surface area contributed by atoms with Crippen molar-refractivity contribution in [1.82, 2.24) is 5.32 Å². The van der Waals surface area contributed by atoms with Crippen LogP contribution in [0, 0.1) is 5.92 Å². The summed E-state index contributed by atoms with van der Waals surface area (Å²) in [6, 6.07) is 0.263.